The van der Waals surface area contributed by atoms with Crippen molar-refractivity contribution in [2.75, 3.05) is 13.4 Å². The van der Waals surface area contributed by atoms with Crippen molar-refractivity contribution in [2.24, 2.45) is 0 Å². The number of carboxylic acids is 1. The Bertz CT molecular complexity index is 770. The first-order chi connectivity index (χ1) is 12.7. The molecule has 2 aromatic heterocycles. The molecule has 0 bridgehead atoms. The fourth-order valence-electron chi connectivity index (χ4n) is 1.63. The maximum absolute atomic E-state index is 11.2. The topological polar surface area (TPSA) is 89.1 Å². The summed E-state index contributed by atoms with van der Waals surface area (Å²) in [6.45, 7) is 3.05. The van der Waals surface area contributed by atoms with Crippen LogP contribution in [0.5, 0.6) is 0 Å². The predicted octanol–water partition coefficient (Wildman–Crippen LogP) is 2.73. The Balaban J connectivity index is 0.000000387. The molecule has 0 atom stereocenters. The number of pyridine rings is 1. The largest absolute Gasteiger partial charge is 0.493 e. The second-order valence-electron chi connectivity index (χ2n) is 4.92. The molecule has 0 saturated carbocycles. The third kappa shape index (κ3) is 8.03. The summed E-state index contributed by atoms with van der Waals surface area (Å²) in [4.78, 5) is 14.8. The average Bonchev–Trinajstić information content (AvgIpc) is 2.66. The number of ether oxygens (including phenoxy) is 1. The van der Waals surface area contributed by atoms with Crippen LogP contribution in [0.3, 0.4) is 0 Å². The third-order valence-electron chi connectivity index (χ3n) is 3.06. The van der Waals surface area contributed by atoms with Gasteiger partial charge in [-0.05, 0) is 6.26 Å². The van der Waals surface area contributed by atoms with Crippen molar-refractivity contribution in [2.45, 2.75) is 24.3 Å². The minimum absolute atomic E-state index is 0.107. The highest BCUT2D eigenvalue weighted by Crippen LogP contribution is 2.23. The molecule has 146 valence electrons. The van der Waals surface area contributed by atoms with E-state index < -0.39 is 17.9 Å². The van der Waals surface area contributed by atoms with Crippen molar-refractivity contribution in [3.63, 3.8) is 0 Å². The highest BCUT2D eigenvalue weighted by molar-refractivity contribution is 7.98. The van der Waals surface area contributed by atoms with Gasteiger partial charge in [-0.1, -0.05) is 18.3 Å². The van der Waals surface area contributed by atoms with Gasteiger partial charge in [0.1, 0.15) is 6.42 Å². The lowest BCUT2D eigenvalue weighted by molar-refractivity contribution is -0.695. The van der Waals surface area contributed by atoms with Gasteiger partial charge in [0, 0.05) is 17.7 Å². The zero-order valence-corrected chi connectivity index (χ0v) is 15.4. The number of halogens is 3. The molecule has 0 unspecified atom stereocenters. The monoisotopic (exact) mass is 403 g/mol. The van der Waals surface area contributed by atoms with Gasteiger partial charge >= 0.3 is 12.1 Å². The summed E-state index contributed by atoms with van der Waals surface area (Å²) in [5, 5.41) is 17.0. The van der Waals surface area contributed by atoms with Gasteiger partial charge in [0.05, 0.1) is 19.0 Å². The first-order valence-corrected chi connectivity index (χ1v) is 8.65. The molecule has 0 amide bonds. The highest BCUT2D eigenvalue weighted by Gasteiger charge is 2.33. The molecule has 1 N–H and O–H groups in total. The minimum atomic E-state index is -4.41. The summed E-state index contributed by atoms with van der Waals surface area (Å²) >= 11 is 1.44. The van der Waals surface area contributed by atoms with Gasteiger partial charge in [0.25, 0.3) is 0 Å². The van der Waals surface area contributed by atoms with Crippen LogP contribution in [0, 0.1) is 0 Å². The predicted molar refractivity (Wildman–Crippen MR) is 91.7 cm³/mol. The van der Waals surface area contributed by atoms with Gasteiger partial charge in [-0.15, -0.1) is 5.10 Å². The van der Waals surface area contributed by atoms with Crippen molar-refractivity contribution in [1.29, 1.82) is 0 Å². The van der Waals surface area contributed by atoms with Crippen LogP contribution in [-0.4, -0.2) is 45.8 Å². The Labute approximate surface area is 157 Å². The summed E-state index contributed by atoms with van der Waals surface area (Å²) in [5.41, 5.74) is 1.68. The van der Waals surface area contributed by atoms with Crippen LogP contribution in [0.4, 0.5) is 13.2 Å². The molecule has 0 aliphatic heterocycles. The SMILES string of the molecule is C=C(OC)C(F)(F)F.CSc1nncc(-c2cc[n+](CCC(=O)O)cc2)n1. The number of aromatic nitrogens is 4. The molecule has 0 spiro atoms. The second-order valence-corrected chi connectivity index (χ2v) is 5.70. The molecular formula is C16H18F3N4O3S+. The van der Waals surface area contributed by atoms with Crippen molar-refractivity contribution >= 4 is 17.7 Å². The van der Waals surface area contributed by atoms with E-state index in [4.69, 9.17) is 5.11 Å². The smallest absolute Gasteiger partial charge is 0.448 e. The number of nitrogens with zero attached hydrogens (tertiary/aromatic N) is 4. The Morgan fingerprint density at radius 2 is 2.00 bits per heavy atom. The molecule has 11 heteroatoms. The number of carbonyl (C=O) groups is 1. The van der Waals surface area contributed by atoms with E-state index in [9.17, 15) is 18.0 Å². The zero-order chi connectivity index (χ0) is 20.4. The van der Waals surface area contributed by atoms with E-state index >= 15 is 0 Å². The number of methoxy groups -OCH3 is 1. The van der Waals surface area contributed by atoms with Crippen LogP contribution in [0.25, 0.3) is 11.3 Å². The number of rotatable bonds is 6. The summed E-state index contributed by atoms with van der Waals surface area (Å²) < 4.78 is 39.3. The van der Waals surface area contributed by atoms with Crippen molar-refractivity contribution in [1.82, 2.24) is 15.2 Å². The molecule has 2 rings (SSSR count). The Kier molecular flexibility index (Phi) is 8.66. The highest BCUT2D eigenvalue weighted by atomic mass is 32.2. The number of alkyl halides is 3. The van der Waals surface area contributed by atoms with E-state index in [2.05, 4.69) is 26.5 Å². The zero-order valence-electron chi connectivity index (χ0n) is 14.6. The fraction of sp³-hybridized carbons (Fsp3) is 0.312. The molecule has 0 radical (unpaired) electrons. The van der Waals surface area contributed by atoms with Crippen LogP contribution in [-0.2, 0) is 16.1 Å². The third-order valence-corrected chi connectivity index (χ3v) is 3.59. The van der Waals surface area contributed by atoms with Crippen molar-refractivity contribution in [3.05, 3.63) is 43.1 Å². The average molecular weight is 403 g/mol. The van der Waals surface area contributed by atoms with E-state index in [-0.39, 0.29) is 6.42 Å². The molecule has 0 fully saturated rings. The molecule has 7 nitrogen and oxygen atoms in total. The van der Waals surface area contributed by atoms with E-state index in [0.717, 1.165) is 18.4 Å². The number of thioether (sulfide) groups is 1. The molecule has 27 heavy (non-hydrogen) atoms. The van der Waals surface area contributed by atoms with E-state index in [0.29, 0.717) is 11.7 Å². The maximum atomic E-state index is 11.2. The van der Waals surface area contributed by atoms with Crippen LogP contribution in [0.1, 0.15) is 6.42 Å². The van der Waals surface area contributed by atoms with Crippen LogP contribution in [0.15, 0.2) is 48.2 Å². The standard InChI is InChI=1S/C12H12N4O2S.C4H5F3O/c1-19-12-14-10(8-13-15-12)9-2-5-16(6-3-9)7-4-11(17)18;1-3(8-2)4(5,6)7/h2-3,5-6,8H,4,7H2,1H3;1H2,2H3/p+1. The Morgan fingerprint density at radius 1 is 1.37 bits per heavy atom. The van der Waals surface area contributed by atoms with Crippen LogP contribution in [0.2, 0.25) is 0 Å². The lowest BCUT2D eigenvalue weighted by atomic mass is 10.2. The molecular weight excluding hydrogens is 385 g/mol. The summed E-state index contributed by atoms with van der Waals surface area (Å²) in [6, 6.07) is 3.77. The number of allylic oxidation sites excluding steroid dienone is 1. The number of aryl methyl sites for hydroxylation is 1. The quantitative estimate of drug-likeness (QED) is 0.451. The van der Waals surface area contributed by atoms with Gasteiger partial charge in [-0.3, -0.25) is 4.79 Å². The van der Waals surface area contributed by atoms with Crippen LogP contribution < -0.4 is 4.57 Å². The van der Waals surface area contributed by atoms with Gasteiger partial charge in [-0.25, -0.2) is 9.55 Å². The fourth-order valence-corrected chi connectivity index (χ4v) is 1.95. The molecule has 0 aromatic carbocycles. The number of carboxylic acid groups (broad SMARTS) is 1. The summed E-state index contributed by atoms with van der Waals surface area (Å²) in [5.74, 6) is -1.97. The molecule has 0 saturated heterocycles. The minimum Gasteiger partial charge on any atom is -0.493 e. The Hall–Kier alpha value is -2.69. The van der Waals surface area contributed by atoms with Gasteiger partial charge in [0.15, 0.2) is 24.7 Å². The van der Waals surface area contributed by atoms with Crippen molar-refractivity contribution in [3.8, 4) is 11.3 Å². The molecule has 0 aliphatic rings. The van der Waals surface area contributed by atoms with Gasteiger partial charge in [-0.2, -0.15) is 18.3 Å². The van der Waals surface area contributed by atoms with Gasteiger partial charge in [0.2, 0.25) is 5.16 Å². The van der Waals surface area contributed by atoms with E-state index in [1.54, 1.807) is 6.20 Å². The summed E-state index contributed by atoms with van der Waals surface area (Å²) in [7, 11) is 0.926. The van der Waals surface area contributed by atoms with Crippen molar-refractivity contribution < 1.29 is 32.4 Å². The normalized spacial score (nSPS) is 10.6. The molecule has 2 aromatic rings. The second kappa shape index (κ2) is 10.5. The molecule has 2 heterocycles. The Morgan fingerprint density at radius 3 is 2.44 bits per heavy atom. The lowest BCUT2D eigenvalue weighted by Crippen LogP contribution is -2.33. The molecule has 0 aliphatic carbocycles. The maximum Gasteiger partial charge on any atom is 0.448 e. The first kappa shape index (κ1) is 22.4. The lowest BCUT2D eigenvalue weighted by Gasteiger charge is -2.06. The van der Waals surface area contributed by atoms with E-state index in [1.807, 2.05) is 35.3 Å². The number of aliphatic carboxylic acids is 1. The van der Waals surface area contributed by atoms with Gasteiger partial charge < -0.3 is 9.84 Å². The number of hydrogen-bond acceptors (Lipinski definition) is 6. The number of hydrogen-bond donors (Lipinski definition) is 1. The summed E-state index contributed by atoms with van der Waals surface area (Å²) in [6.07, 6.45) is 2.87. The first-order valence-electron chi connectivity index (χ1n) is 7.42. The van der Waals surface area contributed by atoms with E-state index in [1.165, 1.54) is 11.8 Å². The van der Waals surface area contributed by atoms with Crippen LogP contribution >= 0.6 is 11.8 Å².